The van der Waals surface area contributed by atoms with Crippen molar-refractivity contribution in [1.82, 2.24) is 5.32 Å². The van der Waals surface area contributed by atoms with E-state index in [1.807, 2.05) is 12.1 Å². The fraction of sp³-hybridized carbons (Fsp3) is 0.538. The van der Waals surface area contributed by atoms with E-state index >= 15 is 0 Å². The van der Waals surface area contributed by atoms with Gasteiger partial charge in [-0.25, -0.2) is 0 Å². The second-order valence-corrected chi connectivity index (χ2v) is 4.87. The van der Waals surface area contributed by atoms with Gasteiger partial charge >= 0.3 is 0 Å². The lowest BCUT2D eigenvalue weighted by atomic mass is 10.2. The highest BCUT2D eigenvalue weighted by Gasteiger charge is 2.01. The van der Waals surface area contributed by atoms with Crippen LogP contribution in [0.4, 0.5) is 0 Å². The lowest BCUT2D eigenvalue weighted by Crippen LogP contribution is -2.27. The summed E-state index contributed by atoms with van der Waals surface area (Å²) in [6.07, 6.45) is 1.43. The highest BCUT2D eigenvalue weighted by Crippen LogP contribution is 2.11. The second-order valence-electron chi connectivity index (χ2n) is 3.95. The molecule has 0 radical (unpaired) electrons. The van der Waals surface area contributed by atoms with Crippen LogP contribution in [0.5, 0.6) is 0 Å². The largest absolute Gasteiger partial charge is 0.373 e. The maximum absolute atomic E-state index is 5.74. The third-order valence-electron chi connectivity index (χ3n) is 2.31. The molecule has 0 aliphatic heterocycles. The Morgan fingerprint density at radius 2 is 2.00 bits per heavy atom. The first-order valence-electron chi connectivity index (χ1n) is 5.79. The summed E-state index contributed by atoms with van der Waals surface area (Å²) in [5.74, 6) is 0. The van der Waals surface area contributed by atoms with Crippen molar-refractivity contribution in [3.05, 3.63) is 34.3 Å². The number of rotatable bonds is 7. The minimum atomic E-state index is 0.259. The molecular weight excluding hydrogens is 266 g/mol. The number of hydrogen-bond acceptors (Lipinski definition) is 2. The second kappa shape index (κ2) is 7.82. The highest BCUT2D eigenvalue weighted by atomic mass is 79.9. The van der Waals surface area contributed by atoms with Gasteiger partial charge in [0, 0.05) is 11.0 Å². The third-order valence-corrected chi connectivity index (χ3v) is 2.84. The predicted octanol–water partition coefficient (Wildman–Crippen LogP) is 3.35. The Morgan fingerprint density at radius 3 is 2.62 bits per heavy atom. The summed E-state index contributed by atoms with van der Waals surface area (Å²) >= 11 is 3.42. The number of hydrogen-bond donors (Lipinski definition) is 1. The van der Waals surface area contributed by atoms with E-state index in [1.165, 1.54) is 12.0 Å². The summed E-state index contributed by atoms with van der Waals surface area (Å²) in [5, 5.41) is 3.35. The lowest BCUT2D eigenvalue weighted by molar-refractivity contribution is 0.0533. The van der Waals surface area contributed by atoms with E-state index in [9.17, 15) is 0 Å². The zero-order valence-corrected chi connectivity index (χ0v) is 11.6. The van der Waals surface area contributed by atoms with Gasteiger partial charge in [0.25, 0.3) is 0 Å². The fourth-order valence-corrected chi connectivity index (χ4v) is 1.62. The summed E-state index contributed by atoms with van der Waals surface area (Å²) in [4.78, 5) is 0. The number of ether oxygens (including phenoxy) is 1. The van der Waals surface area contributed by atoms with Gasteiger partial charge in [0.2, 0.25) is 0 Å². The molecule has 2 nitrogen and oxygen atoms in total. The molecule has 1 rings (SSSR count). The van der Waals surface area contributed by atoms with Crippen LogP contribution in [0.3, 0.4) is 0 Å². The van der Waals surface area contributed by atoms with Gasteiger partial charge in [0.05, 0.1) is 12.7 Å². The monoisotopic (exact) mass is 285 g/mol. The van der Waals surface area contributed by atoms with Crippen LogP contribution < -0.4 is 5.32 Å². The zero-order chi connectivity index (χ0) is 11.8. The van der Waals surface area contributed by atoms with Gasteiger partial charge in [0.15, 0.2) is 0 Å². The van der Waals surface area contributed by atoms with Gasteiger partial charge in [0.1, 0.15) is 0 Å². The molecule has 1 unspecified atom stereocenters. The lowest BCUT2D eigenvalue weighted by Gasteiger charge is -2.13. The van der Waals surface area contributed by atoms with Crippen LogP contribution in [-0.2, 0) is 11.3 Å². The molecule has 0 amide bonds. The Kier molecular flexibility index (Phi) is 6.69. The summed E-state index contributed by atoms with van der Waals surface area (Å²) in [7, 11) is 0. The molecule has 1 aromatic rings. The van der Waals surface area contributed by atoms with Crippen molar-refractivity contribution >= 4 is 15.9 Å². The Morgan fingerprint density at radius 1 is 1.31 bits per heavy atom. The maximum Gasteiger partial charge on any atom is 0.0721 e. The topological polar surface area (TPSA) is 21.3 Å². The normalized spacial score (nSPS) is 12.7. The van der Waals surface area contributed by atoms with Crippen LogP contribution in [0.1, 0.15) is 25.8 Å². The van der Waals surface area contributed by atoms with Crippen molar-refractivity contribution in [2.45, 2.75) is 33.0 Å². The minimum Gasteiger partial charge on any atom is -0.373 e. The molecule has 0 spiro atoms. The fourth-order valence-electron chi connectivity index (χ4n) is 1.36. The van der Waals surface area contributed by atoms with Gasteiger partial charge in [-0.15, -0.1) is 0 Å². The number of benzene rings is 1. The molecule has 0 aliphatic rings. The molecule has 1 N–H and O–H groups in total. The first-order chi connectivity index (χ1) is 7.72. The Labute approximate surface area is 107 Å². The van der Waals surface area contributed by atoms with E-state index in [2.05, 4.69) is 47.2 Å². The van der Waals surface area contributed by atoms with Crippen molar-refractivity contribution < 1.29 is 4.74 Å². The van der Waals surface area contributed by atoms with Crippen molar-refractivity contribution in [2.24, 2.45) is 0 Å². The molecule has 16 heavy (non-hydrogen) atoms. The average molecular weight is 286 g/mol. The van der Waals surface area contributed by atoms with E-state index in [0.717, 1.165) is 17.6 Å². The van der Waals surface area contributed by atoms with Crippen LogP contribution in [0.15, 0.2) is 28.7 Å². The molecule has 0 aromatic heterocycles. The SMILES string of the molecule is CCCNCC(C)OCc1ccc(Br)cc1. The molecule has 3 heteroatoms. The Bertz CT molecular complexity index is 286. The van der Waals surface area contributed by atoms with E-state index in [0.29, 0.717) is 6.61 Å². The van der Waals surface area contributed by atoms with Crippen LogP contribution in [0, 0.1) is 0 Å². The summed E-state index contributed by atoms with van der Waals surface area (Å²) in [5.41, 5.74) is 1.21. The molecule has 1 atom stereocenters. The van der Waals surface area contributed by atoms with Crippen LogP contribution in [0.2, 0.25) is 0 Å². The van der Waals surface area contributed by atoms with Crippen molar-refractivity contribution in [3.8, 4) is 0 Å². The molecule has 0 aliphatic carbocycles. The van der Waals surface area contributed by atoms with E-state index in [1.54, 1.807) is 0 Å². The molecule has 0 fully saturated rings. The highest BCUT2D eigenvalue weighted by molar-refractivity contribution is 9.10. The number of halogens is 1. The molecule has 0 saturated carbocycles. The summed E-state index contributed by atoms with van der Waals surface area (Å²) in [6.45, 7) is 6.93. The molecule has 0 saturated heterocycles. The zero-order valence-electron chi connectivity index (χ0n) is 10.0. The van der Waals surface area contributed by atoms with Gasteiger partial charge in [-0.3, -0.25) is 0 Å². The maximum atomic E-state index is 5.74. The summed E-state index contributed by atoms with van der Waals surface area (Å²) in [6, 6.07) is 8.24. The Hall–Kier alpha value is -0.380. The molecule has 1 aromatic carbocycles. The quantitative estimate of drug-likeness (QED) is 0.776. The molecule has 0 heterocycles. The molecular formula is C13H20BrNO. The van der Waals surface area contributed by atoms with Crippen LogP contribution in [-0.4, -0.2) is 19.2 Å². The van der Waals surface area contributed by atoms with Gasteiger partial charge in [-0.1, -0.05) is 35.0 Å². The summed E-state index contributed by atoms with van der Waals surface area (Å²) < 4.78 is 6.84. The van der Waals surface area contributed by atoms with E-state index in [4.69, 9.17) is 4.74 Å². The van der Waals surface area contributed by atoms with Gasteiger partial charge in [-0.2, -0.15) is 0 Å². The van der Waals surface area contributed by atoms with Crippen molar-refractivity contribution in [2.75, 3.05) is 13.1 Å². The Balaban J connectivity index is 2.20. The smallest absolute Gasteiger partial charge is 0.0721 e. The van der Waals surface area contributed by atoms with E-state index < -0.39 is 0 Å². The minimum absolute atomic E-state index is 0.259. The standard InChI is InChI=1S/C13H20BrNO/c1-3-8-15-9-11(2)16-10-12-4-6-13(14)7-5-12/h4-7,11,15H,3,8-10H2,1-2H3. The first-order valence-corrected chi connectivity index (χ1v) is 6.58. The molecule has 90 valence electrons. The van der Waals surface area contributed by atoms with Gasteiger partial charge in [-0.05, 0) is 37.6 Å². The average Bonchev–Trinajstić information content (AvgIpc) is 2.29. The number of nitrogens with one attached hydrogen (secondary N) is 1. The third kappa shape index (κ3) is 5.64. The first kappa shape index (κ1) is 13.7. The molecule has 0 bridgehead atoms. The van der Waals surface area contributed by atoms with Crippen LogP contribution in [0.25, 0.3) is 0 Å². The van der Waals surface area contributed by atoms with E-state index in [-0.39, 0.29) is 6.10 Å². The van der Waals surface area contributed by atoms with Crippen molar-refractivity contribution in [3.63, 3.8) is 0 Å². The predicted molar refractivity (Wildman–Crippen MR) is 71.6 cm³/mol. The van der Waals surface area contributed by atoms with Crippen LogP contribution >= 0.6 is 15.9 Å². The van der Waals surface area contributed by atoms with Gasteiger partial charge < -0.3 is 10.1 Å². The van der Waals surface area contributed by atoms with Crippen molar-refractivity contribution in [1.29, 1.82) is 0 Å².